The maximum Gasteiger partial charge on any atom is 0.204 e. The molecule has 0 saturated carbocycles. The monoisotopic (exact) mass is 221 g/mol. The van der Waals surface area contributed by atoms with Gasteiger partial charge in [0.2, 0.25) is 5.75 Å². The highest BCUT2D eigenvalue weighted by Crippen LogP contribution is 2.46. The Balaban J connectivity index is 2.62. The van der Waals surface area contributed by atoms with Crippen LogP contribution in [0.5, 0.6) is 17.2 Å². The summed E-state index contributed by atoms with van der Waals surface area (Å²) < 4.78 is 16.2. The Kier molecular flexibility index (Phi) is 2.30. The highest BCUT2D eigenvalue weighted by atomic mass is 16.5. The molecule has 1 N–H and O–H groups in total. The summed E-state index contributed by atoms with van der Waals surface area (Å²) in [6.45, 7) is 3.72. The molecular formula is C12H15NO3. The summed E-state index contributed by atoms with van der Waals surface area (Å²) in [6, 6.07) is 3.62. The van der Waals surface area contributed by atoms with E-state index in [4.69, 9.17) is 19.6 Å². The number of benzene rings is 1. The van der Waals surface area contributed by atoms with Crippen molar-refractivity contribution in [1.29, 1.82) is 5.41 Å². The van der Waals surface area contributed by atoms with E-state index in [9.17, 15) is 0 Å². The van der Waals surface area contributed by atoms with Crippen LogP contribution in [0.1, 0.15) is 19.4 Å². The van der Waals surface area contributed by atoms with E-state index in [1.807, 2.05) is 19.9 Å². The van der Waals surface area contributed by atoms with E-state index in [1.54, 1.807) is 20.3 Å². The number of methoxy groups -OCH3 is 2. The number of ether oxygens (including phenoxy) is 3. The molecule has 0 fully saturated rings. The van der Waals surface area contributed by atoms with E-state index in [1.165, 1.54) is 0 Å². The summed E-state index contributed by atoms with van der Waals surface area (Å²) in [4.78, 5) is 0. The Labute approximate surface area is 94.6 Å². The second-order valence-electron chi connectivity index (χ2n) is 4.17. The molecule has 1 aliphatic rings. The lowest BCUT2D eigenvalue weighted by Crippen LogP contribution is -2.32. The van der Waals surface area contributed by atoms with Crippen molar-refractivity contribution in [2.75, 3.05) is 14.2 Å². The van der Waals surface area contributed by atoms with Crippen LogP contribution >= 0.6 is 0 Å². The van der Waals surface area contributed by atoms with E-state index in [2.05, 4.69) is 0 Å². The van der Waals surface area contributed by atoms with Crippen molar-refractivity contribution >= 4 is 5.71 Å². The quantitative estimate of drug-likeness (QED) is 0.833. The normalized spacial score (nSPS) is 16.6. The minimum atomic E-state index is -0.609. The summed E-state index contributed by atoms with van der Waals surface area (Å²) in [7, 11) is 3.14. The SMILES string of the molecule is COc1ccc2c(c1OC)OC(C)(C)C2=N. The summed E-state index contributed by atoms with van der Waals surface area (Å²) >= 11 is 0. The Morgan fingerprint density at radius 3 is 2.44 bits per heavy atom. The van der Waals surface area contributed by atoms with Crippen LogP contribution in [0, 0.1) is 5.41 Å². The van der Waals surface area contributed by atoms with Crippen LogP contribution in [-0.2, 0) is 0 Å². The zero-order valence-electron chi connectivity index (χ0n) is 9.88. The second kappa shape index (κ2) is 3.40. The summed E-state index contributed by atoms with van der Waals surface area (Å²) in [6.07, 6.45) is 0. The van der Waals surface area contributed by atoms with Gasteiger partial charge in [-0.25, -0.2) is 0 Å². The van der Waals surface area contributed by atoms with Crippen LogP contribution < -0.4 is 14.2 Å². The van der Waals surface area contributed by atoms with E-state index >= 15 is 0 Å². The molecule has 16 heavy (non-hydrogen) atoms. The molecule has 0 radical (unpaired) electrons. The molecule has 1 aliphatic heterocycles. The Hall–Kier alpha value is -1.71. The first-order chi connectivity index (χ1) is 7.51. The predicted molar refractivity (Wildman–Crippen MR) is 61.1 cm³/mol. The Morgan fingerprint density at radius 2 is 1.88 bits per heavy atom. The number of rotatable bonds is 2. The van der Waals surface area contributed by atoms with E-state index in [0.717, 1.165) is 5.56 Å². The second-order valence-corrected chi connectivity index (χ2v) is 4.17. The minimum absolute atomic E-state index is 0.462. The fourth-order valence-electron chi connectivity index (χ4n) is 1.83. The zero-order valence-corrected chi connectivity index (χ0v) is 9.88. The van der Waals surface area contributed by atoms with Gasteiger partial charge in [0.15, 0.2) is 11.5 Å². The maximum atomic E-state index is 8.01. The molecule has 1 aromatic rings. The van der Waals surface area contributed by atoms with Gasteiger partial charge in [-0.3, -0.25) is 0 Å². The number of hydrogen-bond donors (Lipinski definition) is 1. The highest BCUT2D eigenvalue weighted by molar-refractivity contribution is 6.09. The van der Waals surface area contributed by atoms with Gasteiger partial charge in [0.1, 0.15) is 5.60 Å². The first-order valence-corrected chi connectivity index (χ1v) is 5.04. The molecule has 0 unspecified atom stereocenters. The lowest BCUT2D eigenvalue weighted by Gasteiger charge is -2.18. The molecule has 2 rings (SSSR count). The molecule has 0 aromatic heterocycles. The summed E-state index contributed by atoms with van der Waals surface area (Å²) in [5.74, 6) is 1.76. The van der Waals surface area contributed by atoms with Crippen molar-refractivity contribution in [3.8, 4) is 17.2 Å². The van der Waals surface area contributed by atoms with Gasteiger partial charge in [0.25, 0.3) is 0 Å². The predicted octanol–water partition coefficient (Wildman–Crippen LogP) is 2.24. The topological polar surface area (TPSA) is 51.5 Å². The zero-order chi connectivity index (χ0) is 11.9. The van der Waals surface area contributed by atoms with Gasteiger partial charge in [-0.1, -0.05) is 0 Å². The average Bonchev–Trinajstić information content (AvgIpc) is 2.49. The van der Waals surface area contributed by atoms with Crippen molar-refractivity contribution in [2.24, 2.45) is 0 Å². The summed E-state index contributed by atoms with van der Waals surface area (Å²) in [5.41, 5.74) is 0.619. The summed E-state index contributed by atoms with van der Waals surface area (Å²) in [5, 5.41) is 8.01. The van der Waals surface area contributed by atoms with Crippen molar-refractivity contribution in [2.45, 2.75) is 19.4 Å². The Morgan fingerprint density at radius 1 is 1.19 bits per heavy atom. The molecule has 86 valence electrons. The largest absolute Gasteiger partial charge is 0.493 e. The van der Waals surface area contributed by atoms with E-state index in [-0.39, 0.29) is 0 Å². The fraction of sp³-hybridized carbons (Fsp3) is 0.417. The van der Waals surface area contributed by atoms with Crippen LogP contribution in [0.25, 0.3) is 0 Å². The molecule has 0 aliphatic carbocycles. The standard InChI is InChI=1S/C12H15NO3/c1-12(2)11(13)7-5-6-8(14-3)10(15-4)9(7)16-12/h5-6,13H,1-4H3. The average molecular weight is 221 g/mol. The molecule has 0 atom stereocenters. The van der Waals surface area contributed by atoms with Gasteiger partial charge < -0.3 is 19.6 Å². The van der Waals surface area contributed by atoms with Crippen molar-refractivity contribution in [1.82, 2.24) is 0 Å². The highest BCUT2D eigenvalue weighted by Gasteiger charge is 2.39. The third-order valence-electron chi connectivity index (χ3n) is 2.73. The first-order valence-electron chi connectivity index (χ1n) is 5.04. The van der Waals surface area contributed by atoms with Gasteiger partial charge in [0.05, 0.1) is 19.9 Å². The van der Waals surface area contributed by atoms with Crippen molar-refractivity contribution < 1.29 is 14.2 Å². The number of fused-ring (bicyclic) bond motifs is 1. The van der Waals surface area contributed by atoms with Crippen LogP contribution in [-0.4, -0.2) is 25.5 Å². The molecule has 1 heterocycles. The van der Waals surface area contributed by atoms with Crippen LogP contribution in [0.15, 0.2) is 12.1 Å². The van der Waals surface area contributed by atoms with Crippen LogP contribution in [0.2, 0.25) is 0 Å². The van der Waals surface area contributed by atoms with E-state index in [0.29, 0.717) is 23.0 Å². The van der Waals surface area contributed by atoms with Crippen molar-refractivity contribution in [3.05, 3.63) is 17.7 Å². The molecule has 4 heteroatoms. The third kappa shape index (κ3) is 1.33. The van der Waals surface area contributed by atoms with Crippen LogP contribution in [0.4, 0.5) is 0 Å². The van der Waals surface area contributed by atoms with Gasteiger partial charge in [0, 0.05) is 5.56 Å². The fourth-order valence-corrected chi connectivity index (χ4v) is 1.83. The molecular weight excluding hydrogens is 206 g/mol. The van der Waals surface area contributed by atoms with Crippen LogP contribution in [0.3, 0.4) is 0 Å². The molecule has 1 aromatic carbocycles. The third-order valence-corrected chi connectivity index (χ3v) is 2.73. The molecule has 4 nitrogen and oxygen atoms in total. The molecule has 0 amide bonds. The Bertz CT molecular complexity index is 452. The van der Waals surface area contributed by atoms with Gasteiger partial charge >= 0.3 is 0 Å². The first kappa shape index (κ1) is 10.8. The smallest absolute Gasteiger partial charge is 0.204 e. The number of hydrogen-bond acceptors (Lipinski definition) is 4. The lowest BCUT2D eigenvalue weighted by atomic mass is 9.99. The van der Waals surface area contributed by atoms with Gasteiger partial charge in [-0.15, -0.1) is 0 Å². The van der Waals surface area contributed by atoms with Gasteiger partial charge in [-0.05, 0) is 26.0 Å². The van der Waals surface area contributed by atoms with Gasteiger partial charge in [-0.2, -0.15) is 0 Å². The van der Waals surface area contributed by atoms with E-state index < -0.39 is 5.60 Å². The minimum Gasteiger partial charge on any atom is -0.493 e. The molecule has 0 spiro atoms. The lowest BCUT2D eigenvalue weighted by molar-refractivity contribution is 0.187. The molecule has 0 saturated heterocycles. The molecule has 0 bridgehead atoms. The number of nitrogens with one attached hydrogen (secondary N) is 1. The maximum absolute atomic E-state index is 8.01. The van der Waals surface area contributed by atoms with Crippen molar-refractivity contribution in [3.63, 3.8) is 0 Å².